The van der Waals surface area contributed by atoms with Crippen molar-refractivity contribution in [2.75, 3.05) is 6.54 Å². The lowest BCUT2D eigenvalue weighted by Crippen LogP contribution is -2.28. The number of carbonyl (C=O) groups is 1. The summed E-state index contributed by atoms with van der Waals surface area (Å²) < 4.78 is 2.84. The van der Waals surface area contributed by atoms with Crippen LogP contribution >= 0.6 is 15.9 Å². The molecule has 0 saturated heterocycles. The number of aromatic nitrogens is 4. The summed E-state index contributed by atoms with van der Waals surface area (Å²) >= 11 is 3.40. The van der Waals surface area contributed by atoms with Crippen molar-refractivity contribution in [2.24, 2.45) is 0 Å². The zero-order chi connectivity index (χ0) is 13.8. The van der Waals surface area contributed by atoms with Gasteiger partial charge in [-0.3, -0.25) is 9.89 Å². The summed E-state index contributed by atoms with van der Waals surface area (Å²) in [5.41, 5.74) is 0.652. The minimum atomic E-state index is -0.0843. The van der Waals surface area contributed by atoms with E-state index in [1.807, 2.05) is 30.7 Å². The van der Waals surface area contributed by atoms with Crippen molar-refractivity contribution < 1.29 is 4.79 Å². The Balaban J connectivity index is 1.96. The SMILES string of the molecule is CC(C)n1cc(Br)cc1C(=O)NCCc1ncn[nH]1. The summed E-state index contributed by atoms with van der Waals surface area (Å²) in [6.07, 6.45) is 4.00. The van der Waals surface area contributed by atoms with Gasteiger partial charge in [-0.2, -0.15) is 5.10 Å². The second-order valence-electron chi connectivity index (χ2n) is 4.48. The Kier molecular flexibility index (Phi) is 4.36. The molecule has 0 saturated carbocycles. The van der Waals surface area contributed by atoms with Crippen LogP contribution < -0.4 is 5.32 Å². The fourth-order valence-electron chi connectivity index (χ4n) is 1.79. The lowest BCUT2D eigenvalue weighted by atomic mass is 10.3. The number of nitrogens with one attached hydrogen (secondary N) is 2. The standard InChI is InChI=1S/C12H16BrN5O/c1-8(2)18-6-9(13)5-10(18)12(19)14-4-3-11-15-7-16-17-11/h5-8H,3-4H2,1-2H3,(H,14,19)(H,15,16,17). The quantitative estimate of drug-likeness (QED) is 0.881. The molecule has 0 radical (unpaired) electrons. The number of carbonyl (C=O) groups excluding carboxylic acids is 1. The Bertz CT molecular complexity index is 546. The fraction of sp³-hybridized carbons (Fsp3) is 0.417. The first-order chi connectivity index (χ1) is 9.08. The van der Waals surface area contributed by atoms with E-state index in [1.165, 1.54) is 6.33 Å². The Labute approximate surface area is 119 Å². The second kappa shape index (κ2) is 6.01. The summed E-state index contributed by atoms with van der Waals surface area (Å²) in [7, 11) is 0. The van der Waals surface area contributed by atoms with Crippen molar-refractivity contribution in [1.82, 2.24) is 25.1 Å². The van der Waals surface area contributed by atoms with E-state index in [-0.39, 0.29) is 11.9 Å². The van der Waals surface area contributed by atoms with Gasteiger partial charge >= 0.3 is 0 Å². The minimum absolute atomic E-state index is 0.0843. The first-order valence-corrected chi connectivity index (χ1v) is 6.87. The minimum Gasteiger partial charge on any atom is -0.350 e. The van der Waals surface area contributed by atoms with Gasteiger partial charge in [0.15, 0.2) is 0 Å². The number of H-pyrrole nitrogens is 1. The molecule has 2 rings (SSSR count). The van der Waals surface area contributed by atoms with Crippen molar-refractivity contribution in [3.8, 4) is 0 Å². The van der Waals surface area contributed by atoms with Gasteiger partial charge in [0.25, 0.3) is 5.91 Å². The maximum Gasteiger partial charge on any atom is 0.267 e. The van der Waals surface area contributed by atoms with E-state index in [4.69, 9.17) is 0 Å². The molecule has 0 aliphatic rings. The van der Waals surface area contributed by atoms with E-state index >= 15 is 0 Å². The van der Waals surface area contributed by atoms with Crippen LogP contribution in [0.1, 0.15) is 36.2 Å². The zero-order valence-electron chi connectivity index (χ0n) is 10.9. The highest BCUT2D eigenvalue weighted by Crippen LogP contribution is 2.19. The van der Waals surface area contributed by atoms with Crippen LogP contribution in [0, 0.1) is 0 Å². The lowest BCUT2D eigenvalue weighted by molar-refractivity contribution is 0.0943. The van der Waals surface area contributed by atoms with Gasteiger partial charge in [-0.05, 0) is 35.8 Å². The molecule has 2 aromatic rings. The Hall–Kier alpha value is -1.63. The van der Waals surface area contributed by atoms with Crippen LogP contribution in [0.15, 0.2) is 23.1 Å². The molecule has 0 aliphatic carbocycles. The molecule has 0 atom stereocenters. The molecule has 0 bridgehead atoms. The highest BCUT2D eigenvalue weighted by atomic mass is 79.9. The molecule has 6 nitrogen and oxygen atoms in total. The van der Waals surface area contributed by atoms with Crippen LogP contribution in [-0.2, 0) is 6.42 Å². The first kappa shape index (κ1) is 13.8. The normalized spacial score (nSPS) is 10.9. The largest absolute Gasteiger partial charge is 0.350 e. The molecule has 19 heavy (non-hydrogen) atoms. The van der Waals surface area contributed by atoms with Crippen molar-refractivity contribution >= 4 is 21.8 Å². The van der Waals surface area contributed by atoms with Gasteiger partial charge in [-0.25, -0.2) is 4.98 Å². The third-order valence-corrected chi connectivity index (χ3v) is 3.15. The predicted molar refractivity (Wildman–Crippen MR) is 74.9 cm³/mol. The van der Waals surface area contributed by atoms with E-state index in [0.29, 0.717) is 18.7 Å². The molecule has 0 unspecified atom stereocenters. The molecule has 0 aliphatic heterocycles. The molecule has 2 N–H and O–H groups in total. The van der Waals surface area contributed by atoms with Crippen LogP contribution in [0.25, 0.3) is 0 Å². The highest BCUT2D eigenvalue weighted by molar-refractivity contribution is 9.10. The molecule has 7 heteroatoms. The summed E-state index contributed by atoms with van der Waals surface area (Å²) in [4.78, 5) is 16.1. The maximum atomic E-state index is 12.1. The van der Waals surface area contributed by atoms with Gasteiger partial charge in [0.1, 0.15) is 17.8 Å². The third kappa shape index (κ3) is 3.44. The molecule has 2 heterocycles. The molecule has 1 amide bonds. The number of aromatic amines is 1. The number of hydrogen-bond donors (Lipinski definition) is 2. The summed E-state index contributed by atoms with van der Waals surface area (Å²) in [5, 5.41) is 9.40. The average Bonchev–Trinajstić information content (AvgIpc) is 2.98. The Morgan fingerprint density at radius 2 is 2.37 bits per heavy atom. The van der Waals surface area contributed by atoms with Crippen molar-refractivity contribution in [3.63, 3.8) is 0 Å². The number of hydrogen-bond acceptors (Lipinski definition) is 3. The van der Waals surface area contributed by atoms with Crippen molar-refractivity contribution in [2.45, 2.75) is 26.3 Å². The fourth-order valence-corrected chi connectivity index (χ4v) is 2.23. The number of nitrogens with zero attached hydrogens (tertiary/aromatic N) is 3. The zero-order valence-corrected chi connectivity index (χ0v) is 12.4. The van der Waals surface area contributed by atoms with Gasteiger partial charge in [0.2, 0.25) is 0 Å². The van der Waals surface area contributed by atoms with Crippen LogP contribution in [0.5, 0.6) is 0 Å². The van der Waals surface area contributed by atoms with E-state index in [9.17, 15) is 4.79 Å². The van der Waals surface area contributed by atoms with Crippen molar-refractivity contribution in [1.29, 1.82) is 0 Å². The topological polar surface area (TPSA) is 75.6 Å². The third-order valence-electron chi connectivity index (χ3n) is 2.72. The van der Waals surface area contributed by atoms with E-state index in [2.05, 4.69) is 36.4 Å². The van der Waals surface area contributed by atoms with Crippen LogP contribution in [0.3, 0.4) is 0 Å². The maximum absolute atomic E-state index is 12.1. The second-order valence-corrected chi connectivity index (χ2v) is 5.40. The smallest absolute Gasteiger partial charge is 0.267 e. The van der Waals surface area contributed by atoms with E-state index in [0.717, 1.165) is 10.3 Å². The molecule has 102 valence electrons. The number of rotatable bonds is 5. The van der Waals surface area contributed by atoms with Crippen LogP contribution in [-0.4, -0.2) is 32.2 Å². The number of halogens is 1. The summed E-state index contributed by atoms with van der Waals surface area (Å²) in [5.74, 6) is 0.680. The van der Waals surface area contributed by atoms with E-state index in [1.54, 1.807) is 0 Å². The van der Waals surface area contributed by atoms with Crippen LogP contribution in [0.2, 0.25) is 0 Å². The van der Waals surface area contributed by atoms with Gasteiger partial charge in [0.05, 0.1) is 0 Å². The summed E-state index contributed by atoms with van der Waals surface area (Å²) in [6.45, 7) is 4.60. The lowest BCUT2D eigenvalue weighted by Gasteiger charge is -2.12. The first-order valence-electron chi connectivity index (χ1n) is 6.07. The molecular weight excluding hydrogens is 310 g/mol. The van der Waals surface area contributed by atoms with Crippen molar-refractivity contribution in [3.05, 3.63) is 34.6 Å². The van der Waals surface area contributed by atoms with Gasteiger partial charge in [-0.15, -0.1) is 0 Å². The molecule has 2 aromatic heterocycles. The molecular formula is C12H16BrN5O. The Morgan fingerprint density at radius 1 is 1.58 bits per heavy atom. The van der Waals surface area contributed by atoms with Gasteiger partial charge < -0.3 is 9.88 Å². The highest BCUT2D eigenvalue weighted by Gasteiger charge is 2.14. The summed E-state index contributed by atoms with van der Waals surface area (Å²) in [6, 6.07) is 2.06. The monoisotopic (exact) mass is 325 g/mol. The average molecular weight is 326 g/mol. The Morgan fingerprint density at radius 3 is 3.00 bits per heavy atom. The van der Waals surface area contributed by atoms with Gasteiger partial charge in [0, 0.05) is 29.7 Å². The van der Waals surface area contributed by atoms with Gasteiger partial charge in [-0.1, -0.05) is 0 Å². The predicted octanol–water partition coefficient (Wildman–Crippen LogP) is 1.92. The molecule has 0 spiro atoms. The molecule has 0 fully saturated rings. The van der Waals surface area contributed by atoms with E-state index < -0.39 is 0 Å². The van der Waals surface area contributed by atoms with Crippen LogP contribution in [0.4, 0.5) is 0 Å². The molecule has 0 aromatic carbocycles. The number of amides is 1.